The number of anilines is 1. The van der Waals surface area contributed by atoms with Gasteiger partial charge >= 0.3 is 5.97 Å². The van der Waals surface area contributed by atoms with E-state index in [9.17, 15) is 4.79 Å². The van der Waals surface area contributed by atoms with Crippen LogP contribution in [0.4, 0.5) is 5.69 Å². The van der Waals surface area contributed by atoms with Gasteiger partial charge in [-0.25, -0.2) is 9.79 Å². The van der Waals surface area contributed by atoms with Crippen LogP contribution in [0.25, 0.3) is 6.08 Å². The molecule has 6 rings (SSSR count). The number of likely N-dealkylation sites (N-methyl/N-ethyl adjacent to an activating group) is 1. The summed E-state index contributed by atoms with van der Waals surface area (Å²) in [6.45, 7) is 4.46. The average Bonchev–Trinajstić information content (AvgIpc) is 3.67. The van der Waals surface area contributed by atoms with Gasteiger partial charge in [0.15, 0.2) is 12.0 Å². The van der Waals surface area contributed by atoms with E-state index in [1.165, 1.54) is 22.6 Å². The van der Waals surface area contributed by atoms with Crippen molar-refractivity contribution < 1.29 is 14.1 Å². The summed E-state index contributed by atoms with van der Waals surface area (Å²) in [5, 5.41) is 2.90. The first kappa shape index (κ1) is 26.5. The van der Waals surface area contributed by atoms with Gasteiger partial charge in [-0.2, -0.15) is 0 Å². The Morgan fingerprint density at radius 3 is 2.40 bits per heavy atom. The molecule has 8 heteroatoms. The van der Waals surface area contributed by atoms with Gasteiger partial charge in [0.2, 0.25) is 5.90 Å². The van der Waals surface area contributed by atoms with E-state index >= 15 is 0 Å². The lowest BCUT2D eigenvalue weighted by molar-refractivity contribution is -0.129. The minimum Gasteiger partial charge on any atom is -0.458 e. The lowest BCUT2D eigenvalue weighted by Gasteiger charge is -2.28. The van der Waals surface area contributed by atoms with Crippen LogP contribution in [0.5, 0.6) is 5.75 Å². The number of ether oxygens (including phenoxy) is 1. The van der Waals surface area contributed by atoms with E-state index in [0.29, 0.717) is 11.6 Å². The maximum atomic E-state index is 12.4. The van der Waals surface area contributed by atoms with Crippen molar-refractivity contribution in [3.05, 3.63) is 130 Å². The molecule has 0 bridgehead atoms. The summed E-state index contributed by atoms with van der Waals surface area (Å²) < 4.78 is 12.0. The number of thiophene rings is 1. The molecule has 3 heterocycles. The molecule has 2 aliphatic rings. The predicted octanol–water partition coefficient (Wildman–Crippen LogP) is 7.46. The van der Waals surface area contributed by atoms with E-state index in [2.05, 4.69) is 60.9 Å². The number of para-hydroxylation sites is 1. The van der Waals surface area contributed by atoms with Crippen LogP contribution >= 0.6 is 17.6 Å². The highest BCUT2D eigenvalue weighted by atomic mass is 32.4. The van der Waals surface area contributed by atoms with Crippen molar-refractivity contribution in [3.63, 3.8) is 0 Å². The minimum absolute atomic E-state index is 0.220. The van der Waals surface area contributed by atoms with Gasteiger partial charge in [0.05, 0.1) is 4.88 Å². The summed E-state index contributed by atoms with van der Waals surface area (Å²) in [4.78, 5) is 19.8. The molecule has 1 atom stereocenters. The largest absolute Gasteiger partial charge is 0.458 e. The zero-order valence-electron chi connectivity index (χ0n) is 22.3. The third-order valence-corrected chi connectivity index (χ3v) is 11.2. The molecule has 5 nitrogen and oxygen atoms in total. The number of hydrogen-bond acceptors (Lipinski definition) is 7. The van der Waals surface area contributed by atoms with E-state index in [1.54, 1.807) is 6.08 Å². The Balaban J connectivity index is 1.32. The van der Waals surface area contributed by atoms with Crippen LogP contribution in [-0.4, -0.2) is 18.9 Å². The molecule has 2 aliphatic heterocycles. The fourth-order valence-electron chi connectivity index (χ4n) is 5.03. The standard InChI is InChI=1S/C32H27N2O3PS2/c1-32(2)25-12-7-8-13-27(25)34(3)29(32)21-38(39,24-10-5-4-6-11-24)37-23-17-15-22(16-18-23)20-26-31(35)36-30(33-26)28-14-9-19-40-28/h4-21H,1-3H3/b26-20-,29-21+/t38-/m0/s1. The number of carbonyl (C=O) groups excluding carboxylic acids is 1. The maximum absolute atomic E-state index is 12.4. The van der Waals surface area contributed by atoms with Crippen molar-refractivity contribution in [1.82, 2.24) is 0 Å². The molecule has 0 unspecified atom stereocenters. The summed E-state index contributed by atoms with van der Waals surface area (Å²) in [6, 6.07) is 29.9. The van der Waals surface area contributed by atoms with Crippen LogP contribution < -0.4 is 14.7 Å². The number of cyclic esters (lactones) is 1. The Hall–Kier alpha value is -3.77. The normalized spacial score (nSPS) is 19.3. The SMILES string of the molecule is CN1/C(=C/[P@@](=S)(Oc2ccc(/C=C3\N=C(c4cccs4)OC3=O)cc2)c2ccccc2)C(C)(C)c2ccccc21. The third kappa shape index (κ3) is 4.86. The zero-order chi connectivity index (χ0) is 27.9. The number of rotatable bonds is 6. The van der Waals surface area contributed by atoms with Gasteiger partial charge in [0, 0.05) is 35.0 Å². The second-order valence-corrected chi connectivity index (χ2v) is 14.8. The molecule has 0 radical (unpaired) electrons. The zero-order valence-corrected chi connectivity index (χ0v) is 24.8. The number of esters is 1. The van der Waals surface area contributed by atoms with Crippen molar-refractivity contribution in [2.75, 3.05) is 11.9 Å². The van der Waals surface area contributed by atoms with Gasteiger partial charge < -0.3 is 14.2 Å². The second-order valence-electron chi connectivity index (χ2n) is 10.1. The van der Waals surface area contributed by atoms with Gasteiger partial charge in [0.25, 0.3) is 0 Å². The van der Waals surface area contributed by atoms with Gasteiger partial charge in [-0.1, -0.05) is 80.6 Å². The van der Waals surface area contributed by atoms with Gasteiger partial charge in [0.1, 0.15) is 5.75 Å². The first-order chi connectivity index (χ1) is 19.2. The lowest BCUT2D eigenvalue weighted by atomic mass is 9.84. The second kappa shape index (κ2) is 10.3. The summed E-state index contributed by atoms with van der Waals surface area (Å²) in [5.74, 6) is 2.71. The molecular weight excluding hydrogens is 555 g/mol. The van der Waals surface area contributed by atoms with Crippen molar-refractivity contribution in [3.8, 4) is 5.75 Å². The van der Waals surface area contributed by atoms with Gasteiger partial charge in [-0.15, -0.1) is 11.3 Å². The van der Waals surface area contributed by atoms with E-state index in [4.69, 9.17) is 21.1 Å². The Bertz CT molecular complexity index is 1720. The molecule has 200 valence electrons. The van der Waals surface area contributed by atoms with Crippen molar-refractivity contribution in [1.29, 1.82) is 0 Å². The molecule has 0 saturated carbocycles. The number of aliphatic imine (C=N–C) groups is 1. The average molecular weight is 583 g/mol. The van der Waals surface area contributed by atoms with E-state index < -0.39 is 12.2 Å². The monoisotopic (exact) mass is 582 g/mol. The lowest BCUT2D eigenvalue weighted by Crippen LogP contribution is -2.24. The molecule has 0 saturated heterocycles. The van der Waals surface area contributed by atoms with Gasteiger partial charge in [-0.05, 0) is 58.7 Å². The molecular formula is C32H27N2O3PS2. The fraction of sp³-hybridized carbons (Fsp3) is 0.125. The van der Waals surface area contributed by atoms with Crippen molar-refractivity contribution in [2.45, 2.75) is 19.3 Å². The quantitative estimate of drug-likeness (QED) is 0.134. The number of carbonyl (C=O) groups is 1. The van der Waals surface area contributed by atoms with Crippen LogP contribution in [0.15, 0.2) is 119 Å². The number of fused-ring (bicyclic) bond motifs is 1. The molecule has 3 aromatic carbocycles. The van der Waals surface area contributed by atoms with Crippen molar-refractivity contribution >= 4 is 58.3 Å². The highest BCUT2D eigenvalue weighted by Gasteiger charge is 2.40. The highest BCUT2D eigenvalue weighted by Crippen LogP contribution is 2.55. The van der Waals surface area contributed by atoms with E-state index in [0.717, 1.165) is 21.4 Å². The highest BCUT2D eigenvalue weighted by molar-refractivity contribution is 8.17. The van der Waals surface area contributed by atoms with E-state index in [1.807, 2.05) is 72.1 Å². The van der Waals surface area contributed by atoms with Crippen LogP contribution in [0.1, 0.15) is 29.9 Å². The number of nitrogens with zero attached hydrogens (tertiary/aromatic N) is 2. The molecule has 0 N–H and O–H groups in total. The molecule has 0 aliphatic carbocycles. The number of allylic oxidation sites excluding steroid dienone is 1. The third-order valence-electron chi connectivity index (χ3n) is 7.13. The van der Waals surface area contributed by atoms with Gasteiger partial charge in [-0.3, -0.25) is 0 Å². The summed E-state index contributed by atoms with van der Waals surface area (Å²) in [6.07, 6.45) is -0.942. The summed E-state index contributed by atoms with van der Waals surface area (Å²) in [5.41, 5.74) is 4.44. The first-order valence-electron chi connectivity index (χ1n) is 12.8. The Kier molecular flexibility index (Phi) is 6.83. The molecule has 1 aromatic heterocycles. The van der Waals surface area contributed by atoms with Crippen LogP contribution in [0.3, 0.4) is 0 Å². The Morgan fingerprint density at radius 2 is 1.70 bits per heavy atom. The van der Waals surface area contributed by atoms with Crippen LogP contribution in [0, 0.1) is 0 Å². The first-order valence-corrected chi connectivity index (χ1v) is 16.5. The van der Waals surface area contributed by atoms with Crippen molar-refractivity contribution in [2.24, 2.45) is 4.99 Å². The molecule has 4 aromatic rings. The summed E-state index contributed by atoms with van der Waals surface area (Å²) in [7, 11) is 2.09. The molecule has 40 heavy (non-hydrogen) atoms. The topological polar surface area (TPSA) is 51.1 Å². The molecule has 0 fully saturated rings. The summed E-state index contributed by atoms with van der Waals surface area (Å²) >= 11 is 7.84. The fourth-order valence-corrected chi connectivity index (χ4v) is 8.75. The smallest absolute Gasteiger partial charge is 0.363 e. The minimum atomic E-state index is -2.66. The number of hydrogen-bond donors (Lipinski definition) is 0. The van der Waals surface area contributed by atoms with Crippen LogP contribution in [0.2, 0.25) is 0 Å². The van der Waals surface area contributed by atoms with E-state index in [-0.39, 0.29) is 11.1 Å². The van der Waals surface area contributed by atoms with Crippen LogP contribution in [-0.2, 0) is 26.8 Å². The molecule has 0 amide bonds. The Morgan fingerprint density at radius 1 is 0.975 bits per heavy atom. The number of benzene rings is 3. The maximum Gasteiger partial charge on any atom is 0.363 e. The molecule has 0 spiro atoms. The predicted molar refractivity (Wildman–Crippen MR) is 168 cm³/mol. The Labute approximate surface area is 243 Å².